The maximum absolute atomic E-state index is 12.1. The molecule has 0 radical (unpaired) electrons. The molecule has 0 bridgehead atoms. The van der Waals surface area contributed by atoms with E-state index in [1.807, 2.05) is 6.92 Å². The molecule has 1 aliphatic rings. The first-order chi connectivity index (χ1) is 9.52. The number of ether oxygens (including phenoxy) is 1. The number of anilines is 1. The molecule has 6 heteroatoms. The van der Waals surface area contributed by atoms with Crippen LogP contribution in [0.4, 0.5) is 5.69 Å². The summed E-state index contributed by atoms with van der Waals surface area (Å²) in [4.78, 5) is 23.6. The van der Waals surface area contributed by atoms with Crippen molar-refractivity contribution in [2.24, 2.45) is 11.8 Å². The molecule has 1 atom stereocenters. The van der Waals surface area contributed by atoms with Crippen LogP contribution in [0.1, 0.15) is 17.3 Å². The van der Waals surface area contributed by atoms with Gasteiger partial charge in [-0.05, 0) is 37.2 Å². The minimum Gasteiger partial charge on any atom is -0.465 e. The van der Waals surface area contributed by atoms with Crippen LogP contribution in [-0.4, -0.2) is 32.1 Å². The molecule has 1 fully saturated rings. The molecule has 1 saturated heterocycles. The molecule has 1 unspecified atom stereocenters. The van der Waals surface area contributed by atoms with Crippen LogP contribution in [-0.2, 0) is 9.53 Å². The van der Waals surface area contributed by atoms with E-state index < -0.39 is 5.97 Å². The number of halogens is 1. The smallest absolute Gasteiger partial charge is 0.339 e. The molecule has 1 amide bonds. The fourth-order valence-electron chi connectivity index (χ4n) is 2.00. The van der Waals surface area contributed by atoms with Crippen LogP contribution < -0.4 is 10.6 Å². The molecule has 0 aliphatic carbocycles. The Morgan fingerprint density at radius 1 is 1.45 bits per heavy atom. The lowest BCUT2D eigenvalue weighted by molar-refractivity contribution is -0.121. The number of rotatable bonds is 4. The van der Waals surface area contributed by atoms with Gasteiger partial charge in [0, 0.05) is 11.6 Å². The lowest BCUT2D eigenvalue weighted by Crippen LogP contribution is -2.48. The Hall–Kier alpha value is -1.59. The highest BCUT2D eigenvalue weighted by Crippen LogP contribution is 2.23. The first kappa shape index (κ1) is 14.8. The van der Waals surface area contributed by atoms with Gasteiger partial charge in [0.05, 0.1) is 17.7 Å². The van der Waals surface area contributed by atoms with Gasteiger partial charge in [-0.15, -0.1) is 0 Å². The third kappa shape index (κ3) is 3.11. The molecule has 0 saturated carbocycles. The van der Waals surface area contributed by atoms with Gasteiger partial charge in [-0.1, -0.05) is 18.5 Å². The summed E-state index contributed by atoms with van der Waals surface area (Å²) in [7, 11) is 1.29. The highest BCUT2D eigenvalue weighted by atomic mass is 35.5. The average molecular weight is 297 g/mol. The van der Waals surface area contributed by atoms with Gasteiger partial charge in [-0.3, -0.25) is 4.79 Å². The van der Waals surface area contributed by atoms with Crippen molar-refractivity contribution >= 4 is 29.2 Å². The molecular weight excluding hydrogens is 280 g/mol. The van der Waals surface area contributed by atoms with E-state index in [9.17, 15) is 9.59 Å². The molecule has 1 aliphatic heterocycles. The van der Waals surface area contributed by atoms with Gasteiger partial charge >= 0.3 is 5.97 Å². The van der Waals surface area contributed by atoms with Gasteiger partial charge in [-0.25, -0.2) is 4.79 Å². The van der Waals surface area contributed by atoms with E-state index in [2.05, 4.69) is 15.4 Å². The fraction of sp³-hybridized carbons (Fsp3) is 0.429. The minimum atomic E-state index is -0.526. The van der Waals surface area contributed by atoms with Crippen molar-refractivity contribution < 1.29 is 14.3 Å². The number of carbonyl (C=O) groups excluding carboxylic acids is 2. The summed E-state index contributed by atoms with van der Waals surface area (Å²) in [5, 5.41) is 6.24. The van der Waals surface area contributed by atoms with Crippen LogP contribution >= 0.6 is 11.6 Å². The Kier molecular flexibility index (Phi) is 4.62. The molecule has 1 heterocycles. The third-order valence-corrected chi connectivity index (χ3v) is 3.90. The maximum Gasteiger partial charge on any atom is 0.339 e. The number of esters is 1. The largest absolute Gasteiger partial charge is 0.465 e. The number of methoxy groups -OCH3 is 1. The van der Waals surface area contributed by atoms with Gasteiger partial charge in [-0.2, -0.15) is 0 Å². The Labute approximate surface area is 122 Å². The van der Waals surface area contributed by atoms with Crippen molar-refractivity contribution in [2.75, 3.05) is 25.5 Å². The molecule has 2 N–H and O–H groups in total. The quantitative estimate of drug-likeness (QED) is 0.833. The van der Waals surface area contributed by atoms with Gasteiger partial charge in [0.2, 0.25) is 5.91 Å². The van der Waals surface area contributed by atoms with Crippen LogP contribution in [0.3, 0.4) is 0 Å². The van der Waals surface area contributed by atoms with E-state index >= 15 is 0 Å². The van der Waals surface area contributed by atoms with E-state index in [1.54, 1.807) is 12.1 Å². The minimum absolute atomic E-state index is 0.0605. The van der Waals surface area contributed by atoms with Crippen LogP contribution in [0, 0.1) is 11.8 Å². The number of nitrogens with one attached hydrogen (secondary N) is 2. The summed E-state index contributed by atoms with van der Waals surface area (Å²) < 4.78 is 4.64. The molecule has 5 nitrogen and oxygen atoms in total. The van der Waals surface area contributed by atoms with Gasteiger partial charge in [0.25, 0.3) is 0 Å². The molecule has 0 aromatic heterocycles. The van der Waals surface area contributed by atoms with Crippen LogP contribution in [0.2, 0.25) is 5.02 Å². The van der Waals surface area contributed by atoms with Gasteiger partial charge < -0.3 is 15.4 Å². The summed E-state index contributed by atoms with van der Waals surface area (Å²) in [5.74, 6) is -0.298. The normalized spacial score (nSPS) is 16.1. The molecule has 0 spiro atoms. The standard InChI is InChI=1S/C14H17ClN2O3/c1-8(9-6-16-7-9)13(18)17-10-3-4-12(15)11(5-10)14(19)20-2/h3-5,8-9,16H,6-7H2,1-2H3,(H,17,18). The Morgan fingerprint density at radius 3 is 2.70 bits per heavy atom. The number of amides is 1. The molecule has 108 valence electrons. The second kappa shape index (κ2) is 6.24. The monoisotopic (exact) mass is 296 g/mol. The van der Waals surface area contributed by atoms with Gasteiger partial charge in [0.15, 0.2) is 0 Å². The van der Waals surface area contributed by atoms with E-state index in [0.717, 1.165) is 13.1 Å². The van der Waals surface area contributed by atoms with Crippen LogP contribution in [0.5, 0.6) is 0 Å². The summed E-state index contributed by atoms with van der Waals surface area (Å²) in [6, 6.07) is 4.76. The Balaban J connectivity index is 2.09. The van der Waals surface area contributed by atoms with E-state index in [-0.39, 0.29) is 17.4 Å². The predicted molar refractivity (Wildman–Crippen MR) is 76.9 cm³/mol. The van der Waals surface area contributed by atoms with Crippen molar-refractivity contribution in [1.29, 1.82) is 0 Å². The summed E-state index contributed by atoms with van der Waals surface area (Å²) >= 11 is 5.93. The zero-order valence-corrected chi connectivity index (χ0v) is 12.2. The number of carbonyl (C=O) groups is 2. The number of benzene rings is 1. The summed E-state index contributed by atoms with van der Waals surface area (Å²) in [6.07, 6.45) is 0. The fourth-order valence-corrected chi connectivity index (χ4v) is 2.20. The van der Waals surface area contributed by atoms with Crippen molar-refractivity contribution in [3.63, 3.8) is 0 Å². The maximum atomic E-state index is 12.1. The second-order valence-electron chi connectivity index (χ2n) is 4.88. The Bertz CT molecular complexity index is 529. The topological polar surface area (TPSA) is 67.4 Å². The molecular formula is C14H17ClN2O3. The Morgan fingerprint density at radius 2 is 2.15 bits per heavy atom. The van der Waals surface area contributed by atoms with E-state index in [4.69, 9.17) is 11.6 Å². The van der Waals surface area contributed by atoms with Gasteiger partial charge in [0.1, 0.15) is 0 Å². The second-order valence-corrected chi connectivity index (χ2v) is 5.29. The SMILES string of the molecule is COC(=O)c1cc(NC(=O)C(C)C2CNC2)ccc1Cl. The van der Waals surface area contributed by atoms with Crippen molar-refractivity contribution in [3.05, 3.63) is 28.8 Å². The zero-order valence-electron chi connectivity index (χ0n) is 11.4. The highest BCUT2D eigenvalue weighted by Gasteiger charge is 2.28. The molecule has 1 aromatic rings. The number of hydrogen-bond donors (Lipinski definition) is 2. The molecule has 20 heavy (non-hydrogen) atoms. The first-order valence-corrected chi connectivity index (χ1v) is 6.80. The molecule has 1 aromatic carbocycles. The number of hydrogen-bond acceptors (Lipinski definition) is 4. The van der Waals surface area contributed by atoms with Crippen molar-refractivity contribution in [2.45, 2.75) is 6.92 Å². The van der Waals surface area contributed by atoms with Crippen molar-refractivity contribution in [3.8, 4) is 0 Å². The van der Waals surface area contributed by atoms with Crippen molar-refractivity contribution in [1.82, 2.24) is 5.32 Å². The summed E-state index contributed by atoms with van der Waals surface area (Å²) in [6.45, 7) is 3.63. The first-order valence-electron chi connectivity index (χ1n) is 6.42. The van der Waals surface area contributed by atoms with E-state index in [1.165, 1.54) is 13.2 Å². The van der Waals surface area contributed by atoms with E-state index in [0.29, 0.717) is 16.6 Å². The zero-order chi connectivity index (χ0) is 14.7. The average Bonchev–Trinajstić information content (AvgIpc) is 2.38. The highest BCUT2D eigenvalue weighted by molar-refractivity contribution is 6.33. The van der Waals surface area contributed by atoms with Crippen LogP contribution in [0.15, 0.2) is 18.2 Å². The lowest BCUT2D eigenvalue weighted by atomic mass is 9.88. The summed E-state index contributed by atoms with van der Waals surface area (Å²) in [5.41, 5.74) is 0.781. The molecule has 2 rings (SSSR count). The predicted octanol–water partition coefficient (Wildman–Crippen LogP) is 1.92. The lowest BCUT2D eigenvalue weighted by Gasteiger charge is -2.31. The van der Waals surface area contributed by atoms with Crippen LogP contribution in [0.25, 0.3) is 0 Å². The third-order valence-electron chi connectivity index (χ3n) is 3.57.